The highest BCUT2D eigenvalue weighted by Gasteiger charge is 2.42. The summed E-state index contributed by atoms with van der Waals surface area (Å²) < 4.78 is 27.3. The summed E-state index contributed by atoms with van der Waals surface area (Å²) in [6.07, 6.45) is 2.10. The van der Waals surface area contributed by atoms with E-state index in [0.29, 0.717) is 5.75 Å². The third-order valence-electron chi connectivity index (χ3n) is 2.49. The number of thioether (sulfide) groups is 1. The van der Waals surface area contributed by atoms with Crippen LogP contribution in [0.1, 0.15) is 25.0 Å². The predicted molar refractivity (Wildman–Crippen MR) is 85.0 cm³/mol. The molecule has 2 nitrogen and oxygen atoms in total. The lowest BCUT2D eigenvalue weighted by atomic mass is 10.1. The molecule has 0 aliphatic heterocycles. The predicted octanol–water partition coefficient (Wildman–Crippen LogP) is 4.99. The Hall–Kier alpha value is -0.000000000000000111. The topological polar surface area (TPSA) is 40.5 Å². The Kier molecular flexibility index (Phi) is 7.09. The van der Waals surface area contributed by atoms with E-state index in [2.05, 4.69) is 22.0 Å². The zero-order chi connectivity index (χ0) is 15.3. The highest BCUT2D eigenvalue weighted by molar-refractivity contribution is 9.10. The Balaban J connectivity index is 2.76. The van der Waals surface area contributed by atoms with Crippen LogP contribution in [0.3, 0.4) is 0 Å². The number of rotatable bonds is 6. The molecule has 0 saturated carbocycles. The van der Waals surface area contributed by atoms with Gasteiger partial charge in [0.25, 0.3) is 0 Å². The highest BCUT2D eigenvalue weighted by Crippen LogP contribution is 2.54. The first-order chi connectivity index (χ1) is 9.25. The number of allylic oxidation sites excluding steroid dienone is 1. The number of alkyl halides is 2. The number of hydrogen-bond acceptors (Lipinski definition) is 3. The molecule has 20 heavy (non-hydrogen) atoms. The summed E-state index contributed by atoms with van der Waals surface area (Å²) in [6, 6.07) is 4.42. The summed E-state index contributed by atoms with van der Waals surface area (Å²) in [7, 11) is -3.34. The van der Waals surface area contributed by atoms with Crippen molar-refractivity contribution < 1.29 is 18.6 Å². The van der Waals surface area contributed by atoms with Crippen LogP contribution in [0.4, 0.5) is 8.78 Å². The van der Waals surface area contributed by atoms with Crippen molar-refractivity contribution in [3.8, 4) is 0 Å². The van der Waals surface area contributed by atoms with Crippen LogP contribution in [-0.4, -0.2) is 15.5 Å². The molecular formula is C13H16BrF2O2PS. The Labute approximate surface area is 131 Å². The normalized spacial score (nSPS) is 11.8. The molecule has 0 aliphatic rings. The molecule has 1 aromatic carbocycles. The van der Waals surface area contributed by atoms with Gasteiger partial charge in [0.2, 0.25) is 8.38 Å². The maximum absolute atomic E-state index is 13.6. The number of benzene rings is 1. The van der Waals surface area contributed by atoms with Gasteiger partial charge in [-0.25, -0.2) is 0 Å². The molecule has 7 heteroatoms. The fourth-order valence-electron chi connectivity index (χ4n) is 1.40. The van der Waals surface area contributed by atoms with Gasteiger partial charge in [0.05, 0.1) is 0 Å². The van der Waals surface area contributed by atoms with Gasteiger partial charge in [-0.2, -0.15) is 20.5 Å². The van der Waals surface area contributed by atoms with E-state index in [9.17, 15) is 8.78 Å². The van der Waals surface area contributed by atoms with E-state index < -0.39 is 19.6 Å². The van der Waals surface area contributed by atoms with E-state index in [4.69, 9.17) is 9.79 Å². The van der Waals surface area contributed by atoms with E-state index in [1.54, 1.807) is 23.9 Å². The van der Waals surface area contributed by atoms with Crippen molar-refractivity contribution in [1.82, 2.24) is 0 Å². The summed E-state index contributed by atoms with van der Waals surface area (Å²) >= 11 is 4.75. The Morgan fingerprint density at radius 2 is 2.05 bits per heavy atom. The van der Waals surface area contributed by atoms with Gasteiger partial charge in [0.15, 0.2) is 0 Å². The summed E-state index contributed by atoms with van der Waals surface area (Å²) in [5.41, 5.74) is -1.87. The van der Waals surface area contributed by atoms with Gasteiger partial charge in [0, 0.05) is 21.5 Å². The van der Waals surface area contributed by atoms with E-state index in [1.807, 2.05) is 13.8 Å². The summed E-state index contributed by atoms with van der Waals surface area (Å²) in [5, 5.41) is 0. The molecule has 0 spiro atoms. The smallest absolute Gasteiger partial charge is 0.340 e. The van der Waals surface area contributed by atoms with Crippen molar-refractivity contribution in [2.75, 3.05) is 5.75 Å². The average molecular weight is 385 g/mol. The molecule has 0 aliphatic carbocycles. The Morgan fingerprint density at radius 3 is 2.55 bits per heavy atom. The molecule has 0 saturated heterocycles. The van der Waals surface area contributed by atoms with Crippen molar-refractivity contribution in [2.24, 2.45) is 0 Å². The summed E-state index contributed by atoms with van der Waals surface area (Å²) in [5.74, 6) is 1.58. The molecular weight excluding hydrogens is 369 g/mol. The minimum absolute atomic E-state index is 0.193. The van der Waals surface area contributed by atoms with Crippen LogP contribution in [0, 0.1) is 0 Å². The average Bonchev–Trinajstić information content (AvgIpc) is 2.34. The zero-order valence-electron chi connectivity index (χ0n) is 11.1. The molecule has 2 N–H and O–H groups in total. The first-order valence-electron chi connectivity index (χ1n) is 5.81. The van der Waals surface area contributed by atoms with E-state index in [0.717, 1.165) is 11.3 Å². The first kappa shape index (κ1) is 18.1. The van der Waals surface area contributed by atoms with Gasteiger partial charge >= 0.3 is 5.66 Å². The van der Waals surface area contributed by atoms with E-state index in [1.165, 1.54) is 11.6 Å². The minimum atomic E-state index is -3.62. The second-order valence-corrected chi connectivity index (χ2v) is 7.47. The summed E-state index contributed by atoms with van der Waals surface area (Å²) in [6.45, 7) is 4.05. The lowest BCUT2D eigenvalue weighted by Crippen LogP contribution is -2.11. The maximum Gasteiger partial charge on any atom is 0.340 e. The highest BCUT2D eigenvalue weighted by atomic mass is 79.9. The van der Waals surface area contributed by atoms with E-state index in [-0.39, 0.29) is 4.47 Å². The molecule has 1 aromatic rings. The molecule has 0 bridgehead atoms. The monoisotopic (exact) mass is 384 g/mol. The lowest BCUT2D eigenvalue weighted by molar-refractivity contribution is 0.0724. The second kappa shape index (κ2) is 7.85. The third kappa shape index (κ3) is 5.08. The molecule has 0 aromatic heterocycles. The first-order valence-corrected chi connectivity index (χ1v) is 9.00. The minimum Gasteiger partial charge on any atom is -0.346 e. The van der Waals surface area contributed by atoms with Crippen molar-refractivity contribution >= 4 is 36.1 Å². The summed E-state index contributed by atoms with van der Waals surface area (Å²) in [4.78, 5) is 17.6. The van der Waals surface area contributed by atoms with Crippen LogP contribution in [0.15, 0.2) is 34.3 Å². The van der Waals surface area contributed by atoms with Crippen molar-refractivity contribution in [3.63, 3.8) is 0 Å². The van der Waals surface area contributed by atoms with E-state index >= 15 is 0 Å². The quantitative estimate of drug-likeness (QED) is 0.412. The van der Waals surface area contributed by atoms with Gasteiger partial charge < -0.3 is 9.79 Å². The van der Waals surface area contributed by atoms with Gasteiger partial charge in [-0.1, -0.05) is 39.7 Å². The Bertz CT molecular complexity index is 491. The Morgan fingerprint density at radius 1 is 1.40 bits per heavy atom. The van der Waals surface area contributed by atoms with Crippen LogP contribution in [0.2, 0.25) is 0 Å². The fourth-order valence-corrected chi connectivity index (χ4v) is 3.63. The maximum atomic E-state index is 13.6. The number of hydrogen-bond donors (Lipinski definition) is 2. The van der Waals surface area contributed by atoms with Crippen molar-refractivity contribution in [2.45, 2.75) is 25.3 Å². The molecule has 0 unspecified atom stereocenters. The van der Waals surface area contributed by atoms with Crippen LogP contribution >= 0.6 is 36.1 Å². The standard InChI is InChI=1S/C13H16BrF2O2PS/c1-9(2)5-6-20-8-10-3-4-11(12(14)7-10)13(15,16)19(17)18/h3-5,7,17-18H,6,8H2,1-2H3. The second-order valence-electron chi connectivity index (χ2n) is 4.44. The molecule has 1 rings (SSSR count). The molecule has 0 atom stereocenters. The zero-order valence-corrected chi connectivity index (χ0v) is 14.4. The van der Waals surface area contributed by atoms with Gasteiger partial charge in [-0.3, -0.25) is 0 Å². The van der Waals surface area contributed by atoms with Crippen LogP contribution in [-0.2, 0) is 11.4 Å². The molecule has 0 fully saturated rings. The SMILES string of the molecule is CC(C)=CCSCc1ccc(C(F)(F)P(O)O)c(Br)c1. The van der Waals surface area contributed by atoms with Crippen molar-refractivity contribution in [3.05, 3.63) is 45.4 Å². The molecule has 0 radical (unpaired) electrons. The van der Waals surface area contributed by atoms with Crippen molar-refractivity contribution in [1.29, 1.82) is 0 Å². The molecule has 0 amide bonds. The van der Waals surface area contributed by atoms with Gasteiger partial charge in [-0.15, -0.1) is 0 Å². The van der Waals surface area contributed by atoms with Gasteiger partial charge in [-0.05, 0) is 25.5 Å². The molecule has 0 heterocycles. The van der Waals surface area contributed by atoms with Crippen LogP contribution in [0.25, 0.3) is 0 Å². The largest absolute Gasteiger partial charge is 0.346 e. The third-order valence-corrected chi connectivity index (χ3v) is 4.83. The number of halogens is 3. The van der Waals surface area contributed by atoms with Crippen LogP contribution in [0.5, 0.6) is 0 Å². The fraction of sp³-hybridized carbons (Fsp3) is 0.385. The van der Waals surface area contributed by atoms with Crippen LogP contribution < -0.4 is 0 Å². The molecule has 112 valence electrons. The van der Waals surface area contributed by atoms with Gasteiger partial charge in [0.1, 0.15) is 0 Å². The lowest BCUT2D eigenvalue weighted by Gasteiger charge is -2.19.